The van der Waals surface area contributed by atoms with Crippen LogP contribution in [0.1, 0.15) is 18.2 Å². The van der Waals surface area contributed by atoms with Crippen LogP contribution in [-0.4, -0.2) is 24.0 Å². The van der Waals surface area contributed by atoms with Gasteiger partial charge in [0, 0.05) is 28.2 Å². The van der Waals surface area contributed by atoms with Crippen LogP contribution >= 0.6 is 15.9 Å². The van der Waals surface area contributed by atoms with Crippen molar-refractivity contribution in [1.29, 1.82) is 0 Å². The van der Waals surface area contributed by atoms with Crippen molar-refractivity contribution in [2.24, 2.45) is 0 Å². The third kappa shape index (κ3) is 4.03. The quantitative estimate of drug-likeness (QED) is 0.340. The molecule has 0 atom stereocenters. The molecule has 2 aromatic heterocycles. The Bertz CT molecular complexity index is 1370. The fraction of sp³-hybridized carbons (Fsp3) is 0.174. The Balaban J connectivity index is 2.10. The highest BCUT2D eigenvalue weighted by atomic mass is 79.9. The minimum absolute atomic E-state index is 0.0292. The number of ether oxygens (including phenoxy) is 1. The normalized spacial score (nSPS) is 11.9. The Morgan fingerprint density at radius 3 is 2.55 bits per heavy atom. The molecule has 0 radical (unpaired) electrons. The summed E-state index contributed by atoms with van der Waals surface area (Å²) in [6, 6.07) is 14.5. The first-order valence-corrected chi connectivity index (χ1v) is 11.9. The van der Waals surface area contributed by atoms with Crippen molar-refractivity contribution in [3.63, 3.8) is 0 Å². The first-order valence-electron chi connectivity index (χ1n) is 9.67. The number of benzene rings is 2. The third-order valence-corrected chi connectivity index (χ3v) is 7.12. The van der Waals surface area contributed by atoms with Crippen molar-refractivity contribution in [3.05, 3.63) is 82.3 Å². The van der Waals surface area contributed by atoms with Crippen LogP contribution in [0.15, 0.2) is 70.2 Å². The summed E-state index contributed by atoms with van der Waals surface area (Å²) in [6.45, 7) is 4.15. The summed E-state index contributed by atoms with van der Waals surface area (Å²) < 4.78 is 49.1. The van der Waals surface area contributed by atoms with E-state index in [4.69, 9.17) is 4.74 Å². The minimum Gasteiger partial charge on any atom is -0.375 e. The van der Waals surface area contributed by atoms with Gasteiger partial charge in [0.1, 0.15) is 5.82 Å². The molecule has 2 aromatic carbocycles. The molecule has 0 spiro atoms. The molecule has 0 aliphatic rings. The van der Waals surface area contributed by atoms with Crippen molar-refractivity contribution >= 4 is 37.0 Å². The van der Waals surface area contributed by atoms with Crippen LogP contribution in [0, 0.1) is 12.7 Å². The Hall–Kier alpha value is -2.55. The van der Waals surface area contributed by atoms with E-state index in [1.165, 1.54) is 16.1 Å². The lowest BCUT2D eigenvalue weighted by molar-refractivity contribution is 0.131. The van der Waals surface area contributed by atoms with Crippen LogP contribution in [0.25, 0.3) is 22.2 Å². The molecule has 0 N–H and O–H groups in total. The van der Waals surface area contributed by atoms with Crippen LogP contribution in [0.5, 0.6) is 0 Å². The smallest absolute Gasteiger partial charge is 0.269 e. The molecule has 0 aliphatic carbocycles. The number of halogens is 2. The molecule has 0 aliphatic heterocycles. The standard InChI is InChI=1S/C23H20BrFN2O3S/c1-3-30-14-21-22(16-5-4-6-18(25)11-16)20-12-17(24)13-26-23(20)27(21)31(28,29)19-9-7-15(2)8-10-19/h4-13H,3,14H2,1-2H3. The van der Waals surface area contributed by atoms with E-state index < -0.39 is 15.8 Å². The highest BCUT2D eigenvalue weighted by molar-refractivity contribution is 9.10. The molecule has 31 heavy (non-hydrogen) atoms. The van der Waals surface area contributed by atoms with E-state index >= 15 is 0 Å². The predicted molar refractivity (Wildman–Crippen MR) is 122 cm³/mol. The molecule has 4 aromatic rings. The maximum atomic E-state index is 14.1. The van der Waals surface area contributed by atoms with Gasteiger partial charge in [0.05, 0.1) is 17.2 Å². The van der Waals surface area contributed by atoms with Gasteiger partial charge in [-0.05, 0) is 65.7 Å². The van der Waals surface area contributed by atoms with Gasteiger partial charge in [0.15, 0.2) is 5.65 Å². The van der Waals surface area contributed by atoms with E-state index in [0.29, 0.717) is 33.3 Å². The second-order valence-electron chi connectivity index (χ2n) is 7.08. The van der Waals surface area contributed by atoms with Crippen molar-refractivity contribution in [3.8, 4) is 11.1 Å². The fourth-order valence-corrected chi connectivity index (χ4v) is 5.36. The Morgan fingerprint density at radius 2 is 1.87 bits per heavy atom. The second-order valence-corrected chi connectivity index (χ2v) is 9.78. The Labute approximate surface area is 188 Å². The zero-order valence-electron chi connectivity index (χ0n) is 17.0. The molecule has 0 saturated carbocycles. The van der Waals surface area contributed by atoms with Crippen molar-refractivity contribution in [2.75, 3.05) is 6.61 Å². The number of rotatable bonds is 6. The lowest BCUT2D eigenvalue weighted by Gasteiger charge is -2.13. The van der Waals surface area contributed by atoms with Crippen LogP contribution in [0.2, 0.25) is 0 Å². The van der Waals surface area contributed by atoms with E-state index in [2.05, 4.69) is 20.9 Å². The van der Waals surface area contributed by atoms with E-state index in [9.17, 15) is 12.8 Å². The number of fused-ring (bicyclic) bond motifs is 1. The molecule has 0 unspecified atom stereocenters. The van der Waals surface area contributed by atoms with Crippen molar-refractivity contribution in [1.82, 2.24) is 8.96 Å². The van der Waals surface area contributed by atoms with Gasteiger partial charge >= 0.3 is 0 Å². The molecular formula is C23H20BrFN2O3S. The van der Waals surface area contributed by atoms with Gasteiger partial charge in [-0.1, -0.05) is 29.8 Å². The van der Waals surface area contributed by atoms with Crippen molar-refractivity contribution in [2.45, 2.75) is 25.3 Å². The molecular weight excluding hydrogens is 483 g/mol. The van der Waals surface area contributed by atoms with Gasteiger partial charge in [-0.2, -0.15) is 0 Å². The monoisotopic (exact) mass is 502 g/mol. The molecule has 0 amide bonds. The molecule has 0 bridgehead atoms. The number of aryl methyl sites for hydroxylation is 1. The maximum Gasteiger partial charge on any atom is 0.269 e. The Kier molecular flexibility index (Phi) is 5.96. The van der Waals surface area contributed by atoms with E-state index in [1.807, 2.05) is 13.8 Å². The molecule has 160 valence electrons. The van der Waals surface area contributed by atoms with Gasteiger partial charge in [0.25, 0.3) is 10.0 Å². The van der Waals surface area contributed by atoms with Gasteiger partial charge in [-0.15, -0.1) is 0 Å². The second kappa shape index (κ2) is 8.53. The summed E-state index contributed by atoms with van der Waals surface area (Å²) in [5.41, 5.74) is 2.74. The lowest BCUT2D eigenvalue weighted by Crippen LogP contribution is -2.17. The fourth-order valence-electron chi connectivity index (χ4n) is 3.53. The summed E-state index contributed by atoms with van der Waals surface area (Å²) in [4.78, 5) is 4.56. The maximum absolute atomic E-state index is 14.1. The SMILES string of the molecule is CCOCc1c(-c2cccc(F)c2)c2cc(Br)cnc2n1S(=O)(=O)c1ccc(C)cc1. The molecule has 8 heteroatoms. The number of hydrogen-bond donors (Lipinski definition) is 0. The van der Waals surface area contributed by atoms with E-state index in [1.54, 1.807) is 48.7 Å². The average Bonchev–Trinajstić information content (AvgIpc) is 3.06. The molecule has 0 fully saturated rings. The van der Waals surface area contributed by atoms with Crippen molar-refractivity contribution < 1.29 is 17.5 Å². The zero-order valence-corrected chi connectivity index (χ0v) is 19.4. The summed E-state index contributed by atoms with van der Waals surface area (Å²) in [6.07, 6.45) is 1.54. The summed E-state index contributed by atoms with van der Waals surface area (Å²) in [7, 11) is -3.99. The van der Waals surface area contributed by atoms with Gasteiger partial charge in [-0.3, -0.25) is 0 Å². The largest absolute Gasteiger partial charge is 0.375 e. The summed E-state index contributed by atoms with van der Waals surface area (Å²) >= 11 is 3.42. The number of hydrogen-bond acceptors (Lipinski definition) is 4. The van der Waals surface area contributed by atoms with E-state index in [-0.39, 0.29) is 17.1 Å². The van der Waals surface area contributed by atoms with Gasteiger partial charge in [-0.25, -0.2) is 21.8 Å². The van der Waals surface area contributed by atoms with Crippen LogP contribution in [0.4, 0.5) is 4.39 Å². The number of nitrogens with zero attached hydrogens (tertiary/aromatic N) is 2. The van der Waals surface area contributed by atoms with Gasteiger partial charge in [0.2, 0.25) is 0 Å². The van der Waals surface area contributed by atoms with Crippen LogP contribution < -0.4 is 0 Å². The molecule has 5 nitrogen and oxygen atoms in total. The molecule has 4 rings (SSSR count). The Morgan fingerprint density at radius 1 is 1.13 bits per heavy atom. The minimum atomic E-state index is -3.99. The van der Waals surface area contributed by atoms with Crippen LogP contribution in [-0.2, 0) is 21.4 Å². The zero-order chi connectivity index (χ0) is 22.2. The van der Waals surface area contributed by atoms with E-state index in [0.717, 1.165) is 5.56 Å². The highest BCUT2D eigenvalue weighted by Gasteiger charge is 2.29. The first kappa shape index (κ1) is 21.7. The molecule has 2 heterocycles. The predicted octanol–water partition coefficient (Wildman–Crippen LogP) is 5.69. The summed E-state index contributed by atoms with van der Waals surface area (Å²) in [5.74, 6) is -0.412. The summed E-state index contributed by atoms with van der Waals surface area (Å²) in [5, 5.41) is 0.588. The topological polar surface area (TPSA) is 61.2 Å². The van der Waals surface area contributed by atoms with Crippen LogP contribution in [0.3, 0.4) is 0 Å². The number of aromatic nitrogens is 2. The first-order chi connectivity index (χ1) is 14.8. The highest BCUT2D eigenvalue weighted by Crippen LogP contribution is 2.38. The average molecular weight is 503 g/mol. The number of pyridine rings is 1. The lowest BCUT2D eigenvalue weighted by atomic mass is 10.0. The third-order valence-electron chi connectivity index (χ3n) is 4.94. The molecule has 0 saturated heterocycles. The van der Waals surface area contributed by atoms with Gasteiger partial charge < -0.3 is 4.74 Å².